The molecular weight excluding hydrogens is 571 g/mol. The average molecular weight is 610 g/mol. The summed E-state index contributed by atoms with van der Waals surface area (Å²) in [5, 5.41) is 3.86. The quantitative estimate of drug-likeness (QED) is 0.221. The van der Waals surface area contributed by atoms with Crippen molar-refractivity contribution < 1.29 is 9.47 Å². The van der Waals surface area contributed by atoms with Crippen LogP contribution in [0.15, 0.2) is 48.7 Å². The van der Waals surface area contributed by atoms with E-state index in [1.807, 2.05) is 48.7 Å². The lowest BCUT2D eigenvalue weighted by atomic mass is 9.78. The van der Waals surface area contributed by atoms with Gasteiger partial charge in [0, 0.05) is 43.8 Å². The van der Waals surface area contributed by atoms with E-state index in [9.17, 15) is 0 Å². The van der Waals surface area contributed by atoms with Gasteiger partial charge in [-0.15, -0.1) is 11.6 Å². The Bertz CT molecular complexity index is 1380. The molecule has 0 bridgehead atoms. The number of nitrogens with one attached hydrogen (secondary N) is 1. The van der Waals surface area contributed by atoms with Gasteiger partial charge >= 0.3 is 0 Å². The van der Waals surface area contributed by atoms with Crippen LogP contribution in [-0.4, -0.2) is 72.7 Å². The molecule has 1 aromatic heterocycles. The number of hydrogen-bond acceptors (Lipinski definition) is 7. The van der Waals surface area contributed by atoms with E-state index in [4.69, 9.17) is 44.2 Å². The monoisotopic (exact) mass is 608 g/mol. The number of ether oxygens (including phenoxy) is 2. The molecule has 42 heavy (non-hydrogen) atoms. The third-order valence-corrected chi connectivity index (χ3v) is 8.71. The van der Waals surface area contributed by atoms with E-state index < -0.39 is 5.41 Å². The lowest BCUT2D eigenvalue weighted by Gasteiger charge is -2.40. The largest absolute Gasteiger partial charge is 0.502 e. The topological polar surface area (TPSA) is 67.1 Å². The molecule has 0 spiro atoms. The van der Waals surface area contributed by atoms with Gasteiger partial charge in [-0.3, -0.25) is 4.90 Å². The number of piperazine rings is 1. The molecule has 0 amide bonds. The van der Waals surface area contributed by atoms with E-state index in [1.54, 1.807) is 0 Å². The van der Waals surface area contributed by atoms with Crippen LogP contribution in [0.25, 0.3) is 4.85 Å². The molecule has 1 N–H and O–H groups in total. The predicted molar refractivity (Wildman–Crippen MR) is 169 cm³/mol. The molecule has 222 valence electrons. The van der Waals surface area contributed by atoms with E-state index in [1.165, 1.54) is 12.8 Å². The van der Waals surface area contributed by atoms with E-state index in [-0.39, 0.29) is 0 Å². The molecule has 5 rings (SSSR count). The normalized spacial score (nSPS) is 16.7. The summed E-state index contributed by atoms with van der Waals surface area (Å²) < 4.78 is 11.7. The van der Waals surface area contributed by atoms with Gasteiger partial charge in [-0.1, -0.05) is 37.6 Å². The zero-order valence-corrected chi connectivity index (χ0v) is 25.8. The molecule has 0 aliphatic carbocycles. The molecule has 0 unspecified atom stereocenters. The third kappa shape index (κ3) is 7.09. The van der Waals surface area contributed by atoms with E-state index in [0.29, 0.717) is 41.6 Å². The van der Waals surface area contributed by atoms with Gasteiger partial charge in [0.25, 0.3) is 0 Å². The summed E-state index contributed by atoms with van der Waals surface area (Å²) in [6.07, 6.45) is 4.29. The van der Waals surface area contributed by atoms with E-state index >= 15 is 0 Å². The van der Waals surface area contributed by atoms with Crippen molar-refractivity contribution in [1.29, 1.82) is 0 Å². The average Bonchev–Trinajstić information content (AvgIpc) is 3.03. The molecule has 3 heterocycles. The minimum absolute atomic E-state index is 0.292. The molecule has 0 radical (unpaired) electrons. The van der Waals surface area contributed by atoms with Crippen LogP contribution in [0.1, 0.15) is 43.5 Å². The fourth-order valence-corrected chi connectivity index (χ4v) is 6.02. The first-order valence-electron chi connectivity index (χ1n) is 14.5. The minimum Gasteiger partial charge on any atom is -0.502 e. The van der Waals surface area contributed by atoms with E-state index in [0.717, 1.165) is 67.8 Å². The fourth-order valence-electron chi connectivity index (χ4n) is 5.67. The van der Waals surface area contributed by atoms with Crippen molar-refractivity contribution in [2.45, 2.75) is 44.8 Å². The number of benzene rings is 2. The zero-order chi connectivity index (χ0) is 29.5. The van der Waals surface area contributed by atoms with Gasteiger partial charge < -0.3 is 19.7 Å². The Hall–Kier alpha value is -3.09. The molecule has 0 atom stereocenters. The molecular formula is C32H38Cl2N6O2. The lowest BCUT2D eigenvalue weighted by Crippen LogP contribution is -2.53. The minimum atomic E-state index is -0.397. The van der Waals surface area contributed by atoms with Crippen molar-refractivity contribution in [2.75, 3.05) is 56.7 Å². The molecule has 2 aliphatic rings. The molecule has 2 fully saturated rings. The van der Waals surface area contributed by atoms with E-state index in [2.05, 4.69) is 38.8 Å². The Labute approximate surface area is 258 Å². The first kappa shape index (κ1) is 30.4. The standard InChI is InChI=1S/C32H38Cl2N6O2/c1-32(2,24-20-28(34)30(41-19-11-33)29(21-24)35-3)23-4-6-27(7-5-23)42-22-25-8-14-37-31(38-25)40-17-15-39(16-18-40)26-9-12-36-13-10-26/h4-8,14,20-21,26,36H,9-13,15-19,22H2,1-2H3. The van der Waals surface area contributed by atoms with Gasteiger partial charge in [0.2, 0.25) is 11.6 Å². The molecule has 10 heteroatoms. The number of rotatable bonds is 10. The smallest absolute Gasteiger partial charge is 0.229 e. The first-order valence-corrected chi connectivity index (χ1v) is 15.5. The van der Waals surface area contributed by atoms with Gasteiger partial charge in [-0.2, -0.15) is 0 Å². The highest BCUT2D eigenvalue weighted by molar-refractivity contribution is 6.32. The number of hydrogen-bond donors (Lipinski definition) is 1. The SMILES string of the molecule is [C-]#[N+]c1cc(C(C)(C)c2ccc(OCc3ccnc(N4CCN(C5CCNCC5)CC4)n3)cc2)cc(Cl)c1OCCCl. The van der Waals surface area contributed by atoms with Crippen molar-refractivity contribution in [3.8, 4) is 11.5 Å². The molecule has 2 aliphatic heterocycles. The number of piperidine rings is 1. The summed E-state index contributed by atoms with van der Waals surface area (Å²) >= 11 is 12.3. The zero-order valence-electron chi connectivity index (χ0n) is 24.3. The van der Waals surface area contributed by atoms with Crippen LogP contribution < -0.4 is 19.7 Å². The summed E-state index contributed by atoms with van der Waals surface area (Å²) in [7, 11) is 0. The number of halogens is 2. The van der Waals surface area contributed by atoms with Crippen molar-refractivity contribution >= 4 is 34.8 Å². The van der Waals surface area contributed by atoms with Gasteiger partial charge in [-0.25, -0.2) is 14.8 Å². The summed E-state index contributed by atoms with van der Waals surface area (Å²) in [4.78, 5) is 17.9. The molecule has 8 nitrogen and oxygen atoms in total. The summed E-state index contributed by atoms with van der Waals surface area (Å²) in [5.74, 6) is 2.23. The van der Waals surface area contributed by atoms with Crippen LogP contribution in [-0.2, 0) is 12.0 Å². The van der Waals surface area contributed by atoms with Crippen LogP contribution in [0.3, 0.4) is 0 Å². The Kier molecular flexibility index (Phi) is 10.1. The van der Waals surface area contributed by atoms with Crippen molar-refractivity contribution in [1.82, 2.24) is 20.2 Å². The number of alkyl halides is 1. The van der Waals surface area contributed by atoms with Crippen LogP contribution in [0.5, 0.6) is 11.5 Å². The van der Waals surface area contributed by atoms with Crippen LogP contribution >= 0.6 is 23.2 Å². The maximum Gasteiger partial charge on any atom is 0.229 e. The molecule has 2 aromatic carbocycles. The second kappa shape index (κ2) is 13.9. The second-order valence-electron chi connectivity index (χ2n) is 11.2. The highest BCUT2D eigenvalue weighted by Crippen LogP contribution is 2.42. The van der Waals surface area contributed by atoms with Gasteiger partial charge in [0.1, 0.15) is 18.1 Å². The lowest BCUT2D eigenvalue weighted by molar-refractivity contribution is 0.153. The Morgan fingerprint density at radius 1 is 1.02 bits per heavy atom. The maximum atomic E-state index is 7.61. The third-order valence-electron chi connectivity index (χ3n) is 8.28. The van der Waals surface area contributed by atoms with Gasteiger partial charge in [-0.05, 0) is 67.4 Å². The van der Waals surface area contributed by atoms with Crippen LogP contribution in [0.4, 0.5) is 11.6 Å². The predicted octanol–water partition coefficient (Wildman–Crippen LogP) is 6.08. The molecule has 3 aromatic rings. The van der Waals surface area contributed by atoms with Gasteiger partial charge in [0.15, 0.2) is 0 Å². The van der Waals surface area contributed by atoms with Crippen molar-refractivity contribution in [3.05, 3.63) is 81.9 Å². The highest BCUT2D eigenvalue weighted by atomic mass is 35.5. The summed E-state index contributed by atoms with van der Waals surface area (Å²) in [6.45, 7) is 18.7. The Morgan fingerprint density at radius 3 is 2.45 bits per heavy atom. The van der Waals surface area contributed by atoms with Crippen LogP contribution in [0, 0.1) is 6.57 Å². The molecule has 2 saturated heterocycles. The number of aromatic nitrogens is 2. The summed E-state index contributed by atoms with van der Waals surface area (Å²) in [5.41, 5.74) is 2.83. The maximum absolute atomic E-state index is 7.61. The fraction of sp³-hybridized carbons (Fsp3) is 0.469. The highest BCUT2D eigenvalue weighted by Gasteiger charge is 2.27. The van der Waals surface area contributed by atoms with Gasteiger partial charge in [0.05, 0.1) is 29.8 Å². The van der Waals surface area contributed by atoms with Crippen LogP contribution in [0.2, 0.25) is 5.02 Å². The van der Waals surface area contributed by atoms with Crippen molar-refractivity contribution in [3.63, 3.8) is 0 Å². The molecule has 0 saturated carbocycles. The first-order chi connectivity index (χ1) is 20.4. The number of nitrogens with zero attached hydrogens (tertiary/aromatic N) is 5. The summed E-state index contributed by atoms with van der Waals surface area (Å²) in [6, 6.07) is 14.3. The number of anilines is 1. The Morgan fingerprint density at radius 2 is 1.76 bits per heavy atom. The second-order valence-corrected chi connectivity index (χ2v) is 12.0. The van der Waals surface area contributed by atoms with Crippen molar-refractivity contribution in [2.24, 2.45) is 0 Å². The Balaban J connectivity index is 1.19.